The van der Waals surface area contributed by atoms with E-state index >= 15 is 0 Å². The number of oxime groups is 1. The van der Waals surface area contributed by atoms with Crippen LogP contribution in [0, 0.1) is 17.8 Å². The molecule has 1 amide bonds. The van der Waals surface area contributed by atoms with Crippen molar-refractivity contribution in [2.75, 3.05) is 53.1 Å². The number of ether oxygens (including phenoxy) is 6. The molecule has 0 bridgehead atoms. The summed E-state index contributed by atoms with van der Waals surface area (Å²) >= 11 is 5.95. The minimum atomic E-state index is -1.44. The van der Waals surface area contributed by atoms with E-state index in [1.165, 1.54) is 12.0 Å². The van der Waals surface area contributed by atoms with Crippen molar-refractivity contribution in [3.8, 4) is 23.0 Å². The fraction of sp³-hybridized carbons (Fsp3) is 0.568. The number of fused-ring (bicyclic) bond motifs is 2. The second-order valence-corrected chi connectivity index (χ2v) is 15.6. The van der Waals surface area contributed by atoms with Crippen molar-refractivity contribution < 1.29 is 53.1 Å². The first-order valence-corrected chi connectivity index (χ1v) is 21.0. The minimum Gasteiger partial charge on any atom is -0.496 e. The maximum atomic E-state index is 13.8. The molecule has 2 fully saturated rings. The number of likely N-dealkylation sites (N-methyl/N-ethyl adjacent to an activating group) is 1. The SMILES string of the molecule is C=CCO[C@@]12Oc3ccc(Oc4ccc(OC)c(C=O)c4)cc3[C@H]3[C@H](CCCCO)[C@@H](CCCCO)C=C(C(=NOC4CCCCO4)C[C@@H]1N(C)C(=O)OCCCl)[C@H]32. The third-order valence-corrected chi connectivity index (χ3v) is 11.8. The molecule has 4 aliphatic rings. The predicted octanol–water partition coefficient (Wildman–Crippen LogP) is 7.77. The van der Waals surface area contributed by atoms with E-state index in [1.54, 1.807) is 31.3 Å². The molecule has 0 aromatic heterocycles. The fourth-order valence-electron chi connectivity index (χ4n) is 9.07. The molecule has 7 atom stereocenters. The molecule has 13 nitrogen and oxygen atoms in total. The highest BCUT2D eigenvalue weighted by Crippen LogP contribution is 2.62. The molecule has 0 spiro atoms. The lowest BCUT2D eigenvalue weighted by molar-refractivity contribution is -0.254. The van der Waals surface area contributed by atoms with Crippen LogP contribution in [0.1, 0.15) is 86.0 Å². The van der Waals surface area contributed by atoms with Crippen LogP contribution in [-0.2, 0) is 19.0 Å². The Morgan fingerprint density at radius 2 is 1.86 bits per heavy atom. The molecule has 2 aliphatic carbocycles. The molecule has 2 aromatic carbocycles. The zero-order chi connectivity index (χ0) is 41.1. The maximum absolute atomic E-state index is 13.8. The second-order valence-electron chi connectivity index (χ2n) is 15.2. The average Bonchev–Trinajstić information content (AvgIpc) is 3.25. The monoisotopic (exact) mass is 824 g/mol. The highest BCUT2D eigenvalue weighted by atomic mass is 35.5. The molecule has 2 N–H and O–H groups in total. The van der Waals surface area contributed by atoms with E-state index in [0.717, 1.165) is 55.9 Å². The molecule has 14 heteroatoms. The Hall–Kier alpha value is -4.14. The quantitative estimate of drug-likeness (QED) is 0.0443. The topological polar surface area (TPSA) is 155 Å². The van der Waals surface area contributed by atoms with Gasteiger partial charge in [-0.2, -0.15) is 0 Å². The zero-order valence-electron chi connectivity index (χ0n) is 33.5. The Kier molecular flexibility index (Phi) is 15.5. The van der Waals surface area contributed by atoms with E-state index in [9.17, 15) is 19.8 Å². The summed E-state index contributed by atoms with van der Waals surface area (Å²) in [4.78, 5) is 33.3. The standard InChI is InChI=1S/C44H57ClN2O11/c1-4-21-55-44-39(47(2)43(51)54-23-18-45)27-36(46-58-40-13-7-10-22-53-40)34-25-29(11-5-8-19-48)33(12-6-9-20-49)41(42(34)44)35-26-32(15-17-38(35)57-44)56-31-14-16-37(52-3)30(24-31)28-50/h4,14-17,24-26,28-29,33,39-42,48-49H,1,5-13,18-23,27H2,2-3H3/t29-,33+,39-,40?,41+,42+,44+/m0/s1. The number of hydrogen-bond acceptors (Lipinski definition) is 12. The first-order valence-electron chi connectivity index (χ1n) is 20.4. The summed E-state index contributed by atoms with van der Waals surface area (Å²) in [5.74, 6) is -0.00451. The van der Waals surface area contributed by atoms with E-state index in [2.05, 4.69) is 12.7 Å². The van der Waals surface area contributed by atoms with Gasteiger partial charge in [0.1, 0.15) is 35.6 Å². The number of benzene rings is 2. The van der Waals surface area contributed by atoms with Crippen LogP contribution in [0.5, 0.6) is 23.0 Å². The van der Waals surface area contributed by atoms with Gasteiger partial charge in [-0.05, 0) is 92.3 Å². The molecule has 2 heterocycles. The van der Waals surface area contributed by atoms with Crippen molar-refractivity contribution >= 4 is 29.7 Å². The Labute approximate surface area is 345 Å². The zero-order valence-corrected chi connectivity index (χ0v) is 34.3. The number of halogens is 1. The van der Waals surface area contributed by atoms with E-state index in [-0.39, 0.29) is 56.5 Å². The van der Waals surface area contributed by atoms with Crippen molar-refractivity contribution in [3.05, 3.63) is 71.8 Å². The molecule has 2 aromatic rings. The highest BCUT2D eigenvalue weighted by molar-refractivity contribution is 6.18. The van der Waals surface area contributed by atoms with Crippen molar-refractivity contribution in [2.45, 2.75) is 88.2 Å². The van der Waals surface area contributed by atoms with Crippen LogP contribution >= 0.6 is 11.6 Å². The summed E-state index contributed by atoms with van der Waals surface area (Å²) in [5.41, 5.74) is 2.81. The van der Waals surface area contributed by atoms with E-state index in [1.807, 2.05) is 18.2 Å². The number of nitrogens with zero attached hydrogens (tertiary/aromatic N) is 2. The summed E-state index contributed by atoms with van der Waals surface area (Å²) in [7, 11) is 3.18. The van der Waals surface area contributed by atoms with Gasteiger partial charge < -0.3 is 48.4 Å². The summed E-state index contributed by atoms with van der Waals surface area (Å²) in [5, 5.41) is 24.6. The van der Waals surface area contributed by atoms with Crippen LogP contribution in [-0.4, -0.2) is 104 Å². The van der Waals surface area contributed by atoms with Gasteiger partial charge in [0, 0.05) is 44.6 Å². The van der Waals surface area contributed by atoms with Gasteiger partial charge in [-0.15, -0.1) is 18.2 Å². The Morgan fingerprint density at radius 3 is 2.57 bits per heavy atom. The van der Waals surface area contributed by atoms with Crippen LogP contribution < -0.4 is 14.2 Å². The molecule has 316 valence electrons. The van der Waals surface area contributed by atoms with Crippen molar-refractivity contribution in [1.82, 2.24) is 4.90 Å². The summed E-state index contributed by atoms with van der Waals surface area (Å²) in [6, 6.07) is 9.99. The van der Waals surface area contributed by atoms with E-state index in [0.29, 0.717) is 60.1 Å². The number of hydrogen-bond donors (Lipinski definition) is 2. The molecule has 1 saturated heterocycles. The number of aliphatic hydroxyl groups excluding tert-OH is 2. The third kappa shape index (κ3) is 9.50. The summed E-state index contributed by atoms with van der Waals surface area (Å²) in [6.07, 6.45) is 10.9. The second kappa shape index (κ2) is 20.7. The predicted molar refractivity (Wildman–Crippen MR) is 218 cm³/mol. The van der Waals surface area contributed by atoms with Crippen molar-refractivity contribution in [1.29, 1.82) is 0 Å². The Bertz CT molecular complexity index is 1780. The number of unbranched alkanes of at least 4 members (excludes halogenated alkanes) is 2. The number of alkyl halides is 1. The minimum absolute atomic E-state index is 0.0161. The number of aldehydes is 1. The number of rotatable bonds is 20. The lowest BCUT2D eigenvalue weighted by Gasteiger charge is -2.59. The molecule has 1 unspecified atom stereocenters. The van der Waals surface area contributed by atoms with Gasteiger partial charge in [-0.25, -0.2) is 4.79 Å². The van der Waals surface area contributed by atoms with Crippen molar-refractivity contribution in [3.63, 3.8) is 0 Å². The lowest BCUT2D eigenvalue weighted by atomic mass is 9.55. The largest absolute Gasteiger partial charge is 0.496 e. The van der Waals surface area contributed by atoms with Gasteiger partial charge in [-0.3, -0.25) is 4.79 Å². The number of carbonyl (C=O) groups excluding carboxylic acids is 2. The molecular weight excluding hydrogens is 768 g/mol. The fourth-order valence-corrected chi connectivity index (χ4v) is 9.14. The third-order valence-electron chi connectivity index (χ3n) is 11.7. The molecule has 1 saturated carbocycles. The molecular formula is C44H57ClN2O11. The smallest absolute Gasteiger partial charge is 0.410 e. The van der Waals surface area contributed by atoms with Gasteiger partial charge in [-0.1, -0.05) is 30.1 Å². The van der Waals surface area contributed by atoms with Crippen LogP contribution in [0.4, 0.5) is 4.79 Å². The van der Waals surface area contributed by atoms with E-state index < -0.39 is 30.1 Å². The summed E-state index contributed by atoms with van der Waals surface area (Å²) in [6.45, 7) is 4.86. The molecule has 6 rings (SSSR count). The van der Waals surface area contributed by atoms with Crippen LogP contribution in [0.3, 0.4) is 0 Å². The van der Waals surface area contributed by atoms with Gasteiger partial charge in [0.25, 0.3) is 0 Å². The number of amides is 1. The number of allylic oxidation sites excluding steroid dienone is 1. The van der Waals surface area contributed by atoms with Crippen LogP contribution in [0.25, 0.3) is 0 Å². The highest BCUT2D eigenvalue weighted by Gasteiger charge is 2.65. The Balaban J connectivity index is 1.55. The van der Waals surface area contributed by atoms with Crippen LogP contribution in [0.15, 0.2) is 65.9 Å². The van der Waals surface area contributed by atoms with Gasteiger partial charge >= 0.3 is 6.09 Å². The Morgan fingerprint density at radius 1 is 1.09 bits per heavy atom. The lowest BCUT2D eigenvalue weighted by Crippen LogP contribution is -2.69. The molecule has 2 aliphatic heterocycles. The molecule has 58 heavy (non-hydrogen) atoms. The molecule has 0 radical (unpaired) electrons. The van der Waals surface area contributed by atoms with Gasteiger partial charge in [0.05, 0.1) is 43.4 Å². The normalized spacial score (nSPS) is 26.6. The van der Waals surface area contributed by atoms with E-state index in [4.69, 9.17) is 50.0 Å². The summed E-state index contributed by atoms with van der Waals surface area (Å²) < 4.78 is 37.3. The maximum Gasteiger partial charge on any atom is 0.410 e. The number of carbonyl (C=O) groups is 2. The first-order chi connectivity index (χ1) is 28.3. The number of methoxy groups -OCH3 is 1. The first kappa shape index (κ1) is 43.4. The van der Waals surface area contributed by atoms with Crippen molar-refractivity contribution in [2.24, 2.45) is 22.9 Å². The van der Waals surface area contributed by atoms with Crippen LogP contribution in [0.2, 0.25) is 0 Å². The van der Waals surface area contributed by atoms with Gasteiger partial charge in [0.15, 0.2) is 6.29 Å². The average molecular weight is 825 g/mol. The number of aliphatic hydroxyl groups is 2. The van der Waals surface area contributed by atoms with Gasteiger partial charge in [0.2, 0.25) is 12.1 Å².